The Bertz CT molecular complexity index is 1160. The fourth-order valence-corrected chi connectivity index (χ4v) is 3.05. The van der Waals surface area contributed by atoms with Gasteiger partial charge in [-0.15, -0.1) is 0 Å². The number of methoxy groups -OCH3 is 1. The minimum atomic E-state index is -0.513. The fraction of sp³-hybridized carbons (Fsp3) is 0.0909. The van der Waals surface area contributed by atoms with Crippen LogP contribution in [0.15, 0.2) is 71.2 Å². The van der Waals surface area contributed by atoms with Crippen LogP contribution in [0.1, 0.15) is 5.56 Å². The van der Waals surface area contributed by atoms with Crippen LogP contribution in [0.4, 0.5) is 4.39 Å². The maximum atomic E-state index is 14.3. The van der Waals surface area contributed by atoms with Gasteiger partial charge in [-0.05, 0) is 42.0 Å². The number of hydrogen-bond donors (Lipinski definition) is 0. The molecule has 0 fully saturated rings. The first-order valence-corrected chi connectivity index (χ1v) is 9.57. The number of fused-ring (bicyclic) bond motifs is 1. The molecule has 5 nitrogen and oxygen atoms in total. The van der Waals surface area contributed by atoms with Crippen LogP contribution in [0.2, 0.25) is 0 Å². The molecular weight excluding hydrogens is 439 g/mol. The van der Waals surface area contributed by atoms with E-state index in [0.717, 1.165) is 5.56 Å². The summed E-state index contributed by atoms with van der Waals surface area (Å²) in [4.78, 5) is 8.80. The van der Waals surface area contributed by atoms with Crippen molar-refractivity contribution in [1.82, 2.24) is 9.97 Å². The van der Waals surface area contributed by atoms with Crippen LogP contribution in [-0.4, -0.2) is 17.1 Å². The topological polar surface area (TPSA) is 53.5 Å². The minimum absolute atomic E-state index is 0.0463. The molecule has 0 unspecified atom stereocenters. The second-order valence-corrected chi connectivity index (χ2v) is 7.06. The Kier molecular flexibility index (Phi) is 5.57. The van der Waals surface area contributed by atoms with Crippen molar-refractivity contribution in [2.45, 2.75) is 6.61 Å². The van der Waals surface area contributed by atoms with E-state index in [4.69, 9.17) is 14.2 Å². The summed E-state index contributed by atoms with van der Waals surface area (Å²) in [7, 11) is 1.56. The molecule has 3 aromatic carbocycles. The van der Waals surface area contributed by atoms with Crippen molar-refractivity contribution in [3.8, 4) is 23.4 Å². The Morgan fingerprint density at radius 2 is 1.79 bits per heavy atom. The number of halogens is 2. The Morgan fingerprint density at radius 1 is 0.966 bits per heavy atom. The minimum Gasteiger partial charge on any atom is -0.497 e. The summed E-state index contributed by atoms with van der Waals surface area (Å²) in [5.41, 5.74) is 1.57. The van der Waals surface area contributed by atoms with E-state index in [0.29, 0.717) is 27.7 Å². The first-order chi connectivity index (χ1) is 14.1. The van der Waals surface area contributed by atoms with E-state index in [9.17, 15) is 4.39 Å². The molecule has 0 aliphatic carbocycles. The summed E-state index contributed by atoms with van der Waals surface area (Å²) < 4.78 is 31.7. The first kappa shape index (κ1) is 19.1. The number of aromatic nitrogens is 2. The number of benzene rings is 3. The molecule has 7 heteroatoms. The molecule has 146 valence electrons. The zero-order chi connectivity index (χ0) is 20.2. The zero-order valence-corrected chi connectivity index (χ0v) is 17.0. The molecule has 0 saturated carbocycles. The van der Waals surface area contributed by atoms with Gasteiger partial charge in [0.15, 0.2) is 11.6 Å². The lowest BCUT2D eigenvalue weighted by Gasteiger charge is -2.12. The summed E-state index contributed by atoms with van der Waals surface area (Å²) >= 11 is 3.24. The molecular formula is C22H16BrFN2O3. The van der Waals surface area contributed by atoms with Gasteiger partial charge in [-0.1, -0.05) is 46.3 Å². The second kappa shape index (κ2) is 8.45. The molecule has 0 atom stereocenters. The van der Waals surface area contributed by atoms with Crippen LogP contribution in [0.3, 0.4) is 0 Å². The summed E-state index contributed by atoms with van der Waals surface area (Å²) in [6, 6.07) is 19.6. The van der Waals surface area contributed by atoms with Crippen LogP contribution in [-0.2, 0) is 6.61 Å². The smallest absolute Gasteiger partial charge is 0.320 e. The highest BCUT2D eigenvalue weighted by atomic mass is 79.9. The lowest BCUT2D eigenvalue weighted by molar-refractivity contribution is 0.277. The molecule has 4 aromatic rings. The lowest BCUT2D eigenvalue weighted by atomic mass is 10.2. The van der Waals surface area contributed by atoms with Gasteiger partial charge in [-0.2, -0.15) is 9.97 Å². The van der Waals surface area contributed by atoms with Gasteiger partial charge >= 0.3 is 6.01 Å². The van der Waals surface area contributed by atoms with Gasteiger partial charge in [0.05, 0.1) is 18.0 Å². The zero-order valence-electron chi connectivity index (χ0n) is 15.4. The molecule has 4 rings (SSSR count). The van der Waals surface area contributed by atoms with Crippen molar-refractivity contribution >= 4 is 26.8 Å². The number of hydrogen-bond acceptors (Lipinski definition) is 5. The average molecular weight is 455 g/mol. The summed E-state index contributed by atoms with van der Waals surface area (Å²) in [5.74, 6) is 0.323. The first-order valence-electron chi connectivity index (χ1n) is 8.78. The SMILES string of the molecule is COc1ccc2nc(OCc3ccccc3)nc(Oc3ccc(Br)cc3F)c2c1. The van der Waals surface area contributed by atoms with Gasteiger partial charge in [-0.3, -0.25) is 0 Å². The number of ether oxygens (including phenoxy) is 3. The molecule has 1 heterocycles. The third kappa shape index (κ3) is 4.46. The Morgan fingerprint density at radius 3 is 2.55 bits per heavy atom. The number of rotatable bonds is 6. The predicted octanol–water partition coefficient (Wildman–Crippen LogP) is 5.91. The highest BCUT2D eigenvalue weighted by Crippen LogP contribution is 2.33. The average Bonchev–Trinajstić information content (AvgIpc) is 2.74. The van der Waals surface area contributed by atoms with Crippen LogP contribution in [0.5, 0.6) is 23.4 Å². The Hall–Kier alpha value is -3.19. The quantitative estimate of drug-likeness (QED) is 0.362. The van der Waals surface area contributed by atoms with E-state index in [-0.39, 0.29) is 17.6 Å². The third-order valence-corrected chi connectivity index (χ3v) is 4.65. The van der Waals surface area contributed by atoms with Crippen molar-refractivity contribution in [2.24, 2.45) is 0 Å². The van der Waals surface area contributed by atoms with Gasteiger partial charge in [-0.25, -0.2) is 4.39 Å². The molecule has 0 aliphatic rings. The van der Waals surface area contributed by atoms with Crippen LogP contribution in [0.25, 0.3) is 10.9 Å². The fourth-order valence-electron chi connectivity index (χ4n) is 2.71. The molecule has 0 bridgehead atoms. The molecule has 0 spiro atoms. The Balaban J connectivity index is 1.72. The maximum Gasteiger partial charge on any atom is 0.320 e. The van der Waals surface area contributed by atoms with E-state index in [1.54, 1.807) is 31.4 Å². The number of nitrogens with zero attached hydrogens (tertiary/aromatic N) is 2. The molecule has 0 aliphatic heterocycles. The van der Waals surface area contributed by atoms with E-state index < -0.39 is 5.82 Å². The monoisotopic (exact) mass is 454 g/mol. The van der Waals surface area contributed by atoms with Crippen molar-refractivity contribution in [2.75, 3.05) is 7.11 Å². The van der Waals surface area contributed by atoms with Gasteiger partial charge in [0.2, 0.25) is 5.88 Å². The molecule has 0 radical (unpaired) electrons. The van der Waals surface area contributed by atoms with Gasteiger partial charge in [0.1, 0.15) is 12.4 Å². The summed E-state index contributed by atoms with van der Waals surface area (Å²) in [6.45, 7) is 0.300. The highest BCUT2D eigenvalue weighted by molar-refractivity contribution is 9.10. The molecule has 0 amide bonds. The Labute approximate surface area is 175 Å². The predicted molar refractivity (Wildman–Crippen MR) is 111 cm³/mol. The van der Waals surface area contributed by atoms with Gasteiger partial charge in [0.25, 0.3) is 0 Å². The van der Waals surface area contributed by atoms with Gasteiger partial charge < -0.3 is 14.2 Å². The van der Waals surface area contributed by atoms with Crippen molar-refractivity contribution in [3.63, 3.8) is 0 Å². The van der Waals surface area contributed by atoms with Crippen LogP contribution >= 0.6 is 15.9 Å². The maximum absolute atomic E-state index is 14.3. The van der Waals surface area contributed by atoms with Crippen molar-refractivity contribution in [3.05, 3.63) is 82.6 Å². The molecule has 1 aromatic heterocycles. The molecule has 29 heavy (non-hydrogen) atoms. The van der Waals surface area contributed by atoms with E-state index in [1.807, 2.05) is 30.3 Å². The van der Waals surface area contributed by atoms with Crippen LogP contribution < -0.4 is 14.2 Å². The highest BCUT2D eigenvalue weighted by Gasteiger charge is 2.14. The molecule has 0 saturated heterocycles. The second-order valence-electron chi connectivity index (χ2n) is 6.15. The third-order valence-electron chi connectivity index (χ3n) is 4.16. The standard InChI is InChI=1S/C22H16BrFN2O3/c1-27-16-8-9-19-17(12-16)21(29-20-10-7-15(23)11-18(20)24)26-22(25-19)28-13-14-5-3-2-4-6-14/h2-12H,13H2,1H3. The van der Waals surface area contributed by atoms with Gasteiger partial charge in [0, 0.05) is 4.47 Å². The van der Waals surface area contributed by atoms with Crippen molar-refractivity contribution < 1.29 is 18.6 Å². The van der Waals surface area contributed by atoms with E-state index in [1.165, 1.54) is 12.1 Å². The van der Waals surface area contributed by atoms with E-state index in [2.05, 4.69) is 25.9 Å². The van der Waals surface area contributed by atoms with Crippen LogP contribution in [0, 0.1) is 5.82 Å². The lowest BCUT2D eigenvalue weighted by Crippen LogP contribution is -2.02. The summed E-state index contributed by atoms with van der Waals surface area (Å²) in [6.07, 6.45) is 0. The largest absolute Gasteiger partial charge is 0.497 e. The normalized spacial score (nSPS) is 10.7. The molecule has 0 N–H and O–H groups in total. The van der Waals surface area contributed by atoms with E-state index >= 15 is 0 Å². The van der Waals surface area contributed by atoms with Crippen molar-refractivity contribution in [1.29, 1.82) is 0 Å². The summed E-state index contributed by atoms with van der Waals surface area (Å²) in [5, 5.41) is 0.582.